The molecule has 17 heavy (non-hydrogen) atoms. The maximum absolute atomic E-state index is 5.60. The molecule has 3 nitrogen and oxygen atoms in total. The van der Waals surface area contributed by atoms with Crippen molar-refractivity contribution in [1.29, 1.82) is 0 Å². The Balaban J connectivity index is 1.86. The average Bonchev–Trinajstić information content (AvgIpc) is 2.98. The van der Waals surface area contributed by atoms with Gasteiger partial charge < -0.3 is 14.8 Å². The van der Waals surface area contributed by atoms with Gasteiger partial charge in [-0.25, -0.2) is 0 Å². The highest BCUT2D eigenvalue weighted by atomic mass is 32.1. The van der Waals surface area contributed by atoms with E-state index in [1.807, 2.05) is 11.3 Å². The second kappa shape index (κ2) is 6.50. The zero-order valence-corrected chi connectivity index (χ0v) is 11.2. The Morgan fingerprint density at radius 1 is 1.59 bits per heavy atom. The normalized spacial score (nSPS) is 24.3. The van der Waals surface area contributed by atoms with Gasteiger partial charge in [0.15, 0.2) is 0 Å². The molecule has 1 aromatic rings. The fourth-order valence-electron chi connectivity index (χ4n) is 2.30. The van der Waals surface area contributed by atoms with E-state index in [2.05, 4.69) is 22.8 Å². The predicted molar refractivity (Wildman–Crippen MR) is 70.6 cm³/mol. The van der Waals surface area contributed by atoms with Gasteiger partial charge in [-0.3, -0.25) is 0 Å². The Labute approximate surface area is 107 Å². The topological polar surface area (TPSA) is 30.5 Å². The fourth-order valence-corrected chi connectivity index (χ4v) is 3.18. The fraction of sp³-hybridized carbons (Fsp3) is 0.692. The van der Waals surface area contributed by atoms with Crippen molar-refractivity contribution in [3.05, 3.63) is 22.4 Å². The summed E-state index contributed by atoms with van der Waals surface area (Å²) in [6.45, 7) is 4.50. The minimum atomic E-state index is 0.290. The minimum Gasteiger partial charge on any atom is -0.383 e. The molecule has 1 aliphatic rings. The van der Waals surface area contributed by atoms with Crippen LogP contribution in [0.4, 0.5) is 0 Å². The Morgan fingerprint density at radius 2 is 2.53 bits per heavy atom. The first-order valence-corrected chi connectivity index (χ1v) is 7.02. The molecule has 2 rings (SSSR count). The largest absolute Gasteiger partial charge is 0.383 e. The van der Waals surface area contributed by atoms with Crippen LogP contribution >= 0.6 is 11.3 Å². The minimum absolute atomic E-state index is 0.290. The van der Waals surface area contributed by atoms with Crippen LogP contribution in [-0.2, 0) is 15.9 Å². The summed E-state index contributed by atoms with van der Waals surface area (Å²) in [5.74, 6) is 0. The Hall–Kier alpha value is -0.420. The highest BCUT2D eigenvalue weighted by Gasteiger charge is 2.34. The third kappa shape index (κ3) is 3.78. The van der Waals surface area contributed by atoms with Crippen LogP contribution in [0.2, 0.25) is 0 Å². The third-order valence-electron chi connectivity index (χ3n) is 3.30. The molecular weight excluding hydrogens is 234 g/mol. The molecule has 0 spiro atoms. The molecule has 2 heterocycles. The van der Waals surface area contributed by atoms with E-state index in [4.69, 9.17) is 9.47 Å². The Bertz CT molecular complexity index is 307. The summed E-state index contributed by atoms with van der Waals surface area (Å²) in [7, 11) is 1.74. The van der Waals surface area contributed by atoms with E-state index < -0.39 is 0 Å². The van der Waals surface area contributed by atoms with Crippen LogP contribution in [0.1, 0.15) is 11.3 Å². The van der Waals surface area contributed by atoms with Gasteiger partial charge in [-0.05, 0) is 24.3 Å². The summed E-state index contributed by atoms with van der Waals surface area (Å²) in [6, 6.07) is 4.35. The second-order valence-electron chi connectivity index (χ2n) is 4.73. The number of hydrogen-bond acceptors (Lipinski definition) is 4. The van der Waals surface area contributed by atoms with Crippen LogP contribution < -0.4 is 5.32 Å². The molecule has 0 bridgehead atoms. The molecule has 0 saturated carbocycles. The smallest absolute Gasteiger partial charge is 0.0587 e. The Kier molecular flexibility index (Phi) is 4.98. The van der Waals surface area contributed by atoms with Crippen molar-refractivity contribution in [3.63, 3.8) is 0 Å². The summed E-state index contributed by atoms with van der Waals surface area (Å²) in [5.41, 5.74) is 0.290. The van der Waals surface area contributed by atoms with Crippen molar-refractivity contribution in [2.24, 2.45) is 5.41 Å². The van der Waals surface area contributed by atoms with Gasteiger partial charge in [0.25, 0.3) is 0 Å². The van der Waals surface area contributed by atoms with Gasteiger partial charge in [-0.2, -0.15) is 0 Å². The standard InChI is InChI=1S/C13H21NO2S/c1-15-7-5-14-10-13(4-6-16-11-13)9-12-3-2-8-17-12/h2-3,8,14H,4-7,9-11H2,1H3. The lowest BCUT2D eigenvalue weighted by Gasteiger charge is -2.27. The first-order chi connectivity index (χ1) is 8.35. The molecule has 0 aromatic carbocycles. The zero-order chi connectivity index (χ0) is 12.0. The van der Waals surface area contributed by atoms with Crippen LogP contribution in [0, 0.1) is 5.41 Å². The SMILES string of the molecule is COCCNCC1(Cc2cccs2)CCOC1. The highest BCUT2D eigenvalue weighted by Crippen LogP contribution is 2.33. The zero-order valence-electron chi connectivity index (χ0n) is 10.4. The lowest BCUT2D eigenvalue weighted by atomic mass is 9.83. The molecule has 0 amide bonds. The summed E-state index contributed by atoms with van der Waals surface area (Å²) in [6.07, 6.45) is 2.29. The molecule has 4 heteroatoms. The molecular formula is C13H21NO2S. The van der Waals surface area contributed by atoms with E-state index in [0.717, 1.165) is 45.8 Å². The van der Waals surface area contributed by atoms with E-state index >= 15 is 0 Å². The van der Waals surface area contributed by atoms with E-state index in [9.17, 15) is 0 Å². The van der Waals surface area contributed by atoms with Crippen molar-refractivity contribution in [3.8, 4) is 0 Å². The summed E-state index contributed by atoms with van der Waals surface area (Å²) in [4.78, 5) is 1.46. The highest BCUT2D eigenvalue weighted by molar-refractivity contribution is 7.09. The third-order valence-corrected chi connectivity index (χ3v) is 4.17. The van der Waals surface area contributed by atoms with Crippen LogP contribution in [0.3, 0.4) is 0 Å². The van der Waals surface area contributed by atoms with E-state index in [1.165, 1.54) is 4.88 Å². The van der Waals surface area contributed by atoms with Gasteiger partial charge in [0.2, 0.25) is 0 Å². The number of ether oxygens (including phenoxy) is 2. The molecule has 96 valence electrons. The first-order valence-electron chi connectivity index (χ1n) is 6.14. The maximum atomic E-state index is 5.60. The summed E-state index contributed by atoms with van der Waals surface area (Å²) < 4.78 is 10.7. The van der Waals surface area contributed by atoms with Crippen molar-refractivity contribution >= 4 is 11.3 Å². The van der Waals surface area contributed by atoms with Crippen molar-refractivity contribution in [2.45, 2.75) is 12.8 Å². The lowest BCUT2D eigenvalue weighted by molar-refractivity contribution is 0.145. The first kappa shape index (κ1) is 13.0. The second-order valence-corrected chi connectivity index (χ2v) is 5.76. The maximum Gasteiger partial charge on any atom is 0.0587 e. The van der Waals surface area contributed by atoms with Crippen molar-refractivity contribution in [1.82, 2.24) is 5.32 Å². The lowest BCUT2D eigenvalue weighted by Crippen LogP contribution is -2.37. The van der Waals surface area contributed by atoms with Crippen LogP contribution in [0.25, 0.3) is 0 Å². The molecule has 1 aliphatic heterocycles. The molecule has 1 atom stereocenters. The van der Waals surface area contributed by atoms with Crippen molar-refractivity contribution in [2.75, 3.05) is 40.0 Å². The molecule has 0 aliphatic carbocycles. The van der Waals surface area contributed by atoms with E-state index in [0.29, 0.717) is 5.41 Å². The molecule has 1 fully saturated rings. The number of thiophene rings is 1. The quantitative estimate of drug-likeness (QED) is 0.755. The predicted octanol–water partition coefficient (Wildman–Crippen LogP) is 1.93. The number of methoxy groups -OCH3 is 1. The summed E-state index contributed by atoms with van der Waals surface area (Å²) >= 11 is 1.84. The molecule has 1 aromatic heterocycles. The van der Waals surface area contributed by atoms with Crippen LogP contribution in [0.15, 0.2) is 17.5 Å². The number of hydrogen-bond donors (Lipinski definition) is 1. The molecule has 1 unspecified atom stereocenters. The number of nitrogens with one attached hydrogen (secondary N) is 1. The average molecular weight is 255 g/mol. The number of rotatable bonds is 7. The van der Waals surface area contributed by atoms with E-state index in [-0.39, 0.29) is 0 Å². The molecule has 1 N–H and O–H groups in total. The molecule has 0 radical (unpaired) electrons. The van der Waals surface area contributed by atoms with Crippen LogP contribution in [-0.4, -0.2) is 40.0 Å². The van der Waals surface area contributed by atoms with Gasteiger partial charge >= 0.3 is 0 Å². The van der Waals surface area contributed by atoms with Gasteiger partial charge in [0.05, 0.1) is 13.2 Å². The van der Waals surface area contributed by atoms with E-state index in [1.54, 1.807) is 7.11 Å². The van der Waals surface area contributed by atoms with Gasteiger partial charge in [0.1, 0.15) is 0 Å². The monoisotopic (exact) mass is 255 g/mol. The van der Waals surface area contributed by atoms with Gasteiger partial charge in [0, 0.05) is 37.1 Å². The van der Waals surface area contributed by atoms with Gasteiger partial charge in [-0.1, -0.05) is 6.07 Å². The van der Waals surface area contributed by atoms with Crippen molar-refractivity contribution < 1.29 is 9.47 Å². The summed E-state index contributed by atoms with van der Waals surface area (Å²) in [5, 5.41) is 5.63. The van der Waals surface area contributed by atoms with Gasteiger partial charge in [-0.15, -0.1) is 11.3 Å². The van der Waals surface area contributed by atoms with Crippen LogP contribution in [0.5, 0.6) is 0 Å². The molecule has 1 saturated heterocycles. The Morgan fingerprint density at radius 3 is 3.18 bits per heavy atom.